The van der Waals surface area contributed by atoms with Crippen molar-refractivity contribution in [2.24, 2.45) is 0 Å². The van der Waals surface area contributed by atoms with Gasteiger partial charge in [0.1, 0.15) is 24.1 Å². The van der Waals surface area contributed by atoms with Crippen LogP contribution in [0.3, 0.4) is 0 Å². The first-order valence-corrected chi connectivity index (χ1v) is 8.55. The average molecular weight is 388 g/mol. The SMILES string of the molecule is COc1ccc(Nc2nc(N)nc3c2ncn3[C@H]2O[C@@H](CO)[C@@H](O)[C@H]2O)cc1. The third-order valence-corrected chi connectivity index (χ3v) is 4.58. The zero-order valence-corrected chi connectivity index (χ0v) is 14.9. The summed E-state index contributed by atoms with van der Waals surface area (Å²) in [4.78, 5) is 12.7. The van der Waals surface area contributed by atoms with Gasteiger partial charge in [0.05, 0.1) is 20.0 Å². The van der Waals surface area contributed by atoms with Gasteiger partial charge in [0.25, 0.3) is 0 Å². The van der Waals surface area contributed by atoms with Gasteiger partial charge in [0, 0.05) is 5.69 Å². The maximum absolute atomic E-state index is 10.3. The molecule has 0 bridgehead atoms. The highest BCUT2D eigenvalue weighted by Crippen LogP contribution is 2.33. The van der Waals surface area contributed by atoms with Crippen LogP contribution in [-0.2, 0) is 4.74 Å². The number of imidazole rings is 1. The Morgan fingerprint density at radius 3 is 2.61 bits per heavy atom. The smallest absolute Gasteiger partial charge is 0.224 e. The summed E-state index contributed by atoms with van der Waals surface area (Å²) in [6.45, 7) is -0.428. The van der Waals surface area contributed by atoms with E-state index >= 15 is 0 Å². The van der Waals surface area contributed by atoms with Crippen LogP contribution >= 0.6 is 0 Å². The Labute approximate surface area is 159 Å². The van der Waals surface area contributed by atoms with Gasteiger partial charge in [-0.1, -0.05) is 0 Å². The molecular formula is C17H20N6O5. The lowest BCUT2D eigenvalue weighted by atomic mass is 10.1. The van der Waals surface area contributed by atoms with Crippen LogP contribution in [-0.4, -0.2) is 66.9 Å². The second-order valence-corrected chi connectivity index (χ2v) is 6.34. The Balaban J connectivity index is 1.70. The molecule has 11 nitrogen and oxygen atoms in total. The molecule has 0 saturated carbocycles. The van der Waals surface area contributed by atoms with Crippen LogP contribution in [0.25, 0.3) is 11.2 Å². The predicted molar refractivity (Wildman–Crippen MR) is 99.0 cm³/mol. The minimum Gasteiger partial charge on any atom is -0.497 e. The Kier molecular flexibility index (Phi) is 4.73. The van der Waals surface area contributed by atoms with Crippen LogP contribution in [0.1, 0.15) is 6.23 Å². The predicted octanol–water partition coefficient (Wildman–Crippen LogP) is -0.228. The number of hydrogen-bond donors (Lipinski definition) is 5. The molecule has 0 unspecified atom stereocenters. The molecule has 1 saturated heterocycles. The second kappa shape index (κ2) is 7.20. The van der Waals surface area contributed by atoms with Crippen molar-refractivity contribution in [1.82, 2.24) is 19.5 Å². The molecule has 2 aromatic heterocycles. The number of rotatable bonds is 5. The number of anilines is 3. The Morgan fingerprint density at radius 2 is 1.96 bits per heavy atom. The number of hydrogen-bond acceptors (Lipinski definition) is 10. The fourth-order valence-corrected chi connectivity index (χ4v) is 3.13. The number of nitrogens with two attached hydrogens (primary N) is 1. The van der Waals surface area contributed by atoms with E-state index in [0.717, 1.165) is 5.69 Å². The molecule has 3 aromatic rings. The molecule has 4 atom stereocenters. The van der Waals surface area contributed by atoms with Gasteiger partial charge in [0.2, 0.25) is 5.95 Å². The number of nitrogens with zero attached hydrogens (tertiary/aromatic N) is 4. The minimum atomic E-state index is -1.26. The van der Waals surface area contributed by atoms with E-state index in [1.165, 1.54) is 10.9 Å². The molecule has 0 spiro atoms. The average Bonchev–Trinajstić information content (AvgIpc) is 3.23. The molecule has 1 aliphatic rings. The third-order valence-electron chi connectivity index (χ3n) is 4.58. The van der Waals surface area contributed by atoms with Gasteiger partial charge in [-0.2, -0.15) is 9.97 Å². The first-order valence-electron chi connectivity index (χ1n) is 8.55. The van der Waals surface area contributed by atoms with Crippen LogP contribution in [0.15, 0.2) is 30.6 Å². The molecule has 0 radical (unpaired) electrons. The molecule has 3 heterocycles. The number of fused-ring (bicyclic) bond motifs is 1. The zero-order valence-electron chi connectivity index (χ0n) is 14.9. The van der Waals surface area contributed by atoms with Crippen LogP contribution in [0.4, 0.5) is 17.5 Å². The number of nitrogen functional groups attached to an aromatic ring is 1. The van der Waals surface area contributed by atoms with E-state index < -0.39 is 31.1 Å². The van der Waals surface area contributed by atoms with Gasteiger partial charge in [0.15, 0.2) is 23.2 Å². The number of aliphatic hydroxyl groups is 3. The highest BCUT2D eigenvalue weighted by atomic mass is 16.6. The molecule has 28 heavy (non-hydrogen) atoms. The maximum Gasteiger partial charge on any atom is 0.224 e. The van der Waals surface area contributed by atoms with Crippen molar-refractivity contribution in [3.05, 3.63) is 30.6 Å². The zero-order chi connectivity index (χ0) is 19.8. The largest absolute Gasteiger partial charge is 0.497 e. The molecule has 1 fully saturated rings. The topological polar surface area (TPSA) is 161 Å². The first kappa shape index (κ1) is 18.4. The molecule has 6 N–H and O–H groups in total. The summed E-state index contributed by atoms with van der Waals surface area (Å²) < 4.78 is 12.1. The first-order chi connectivity index (χ1) is 13.5. The summed E-state index contributed by atoms with van der Waals surface area (Å²) in [6.07, 6.45) is -2.96. The molecule has 0 aliphatic carbocycles. The van der Waals surface area contributed by atoms with Gasteiger partial charge in [-0.05, 0) is 24.3 Å². The molecular weight excluding hydrogens is 368 g/mol. The number of ether oxygens (including phenoxy) is 2. The molecule has 4 rings (SSSR count). The summed E-state index contributed by atoms with van der Waals surface area (Å²) in [6, 6.07) is 7.21. The molecule has 11 heteroatoms. The summed E-state index contributed by atoms with van der Waals surface area (Å²) in [5, 5.41) is 32.7. The normalized spacial score (nSPS) is 24.6. The summed E-state index contributed by atoms with van der Waals surface area (Å²) in [5.74, 6) is 1.08. The Bertz CT molecular complexity index is 978. The Morgan fingerprint density at radius 1 is 1.21 bits per heavy atom. The number of aliphatic hydroxyl groups excluding tert-OH is 3. The molecule has 148 valence electrons. The van der Waals surface area contributed by atoms with E-state index in [9.17, 15) is 15.3 Å². The van der Waals surface area contributed by atoms with Crippen molar-refractivity contribution in [3.8, 4) is 5.75 Å². The number of nitrogens with one attached hydrogen (secondary N) is 1. The van der Waals surface area contributed by atoms with Crippen LogP contribution in [0.2, 0.25) is 0 Å². The second-order valence-electron chi connectivity index (χ2n) is 6.34. The summed E-state index contributed by atoms with van der Waals surface area (Å²) in [7, 11) is 1.58. The van der Waals surface area contributed by atoms with Gasteiger partial charge >= 0.3 is 0 Å². The monoisotopic (exact) mass is 388 g/mol. The van der Waals surface area contributed by atoms with E-state index in [2.05, 4.69) is 20.3 Å². The van der Waals surface area contributed by atoms with Crippen molar-refractivity contribution < 1.29 is 24.8 Å². The van der Waals surface area contributed by atoms with Crippen LogP contribution in [0, 0.1) is 0 Å². The molecule has 0 amide bonds. The van der Waals surface area contributed by atoms with Gasteiger partial charge < -0.3 is 35.8 Å². The molecule has 1 aromatic carbocycles. The van der Waals surface area contributed by atoms with Crippen LogP contribution in [0.5, 0.6) is 5.75 Å². The quantitative estimate of drug-likeness (QED) is 0.395. The fourth-order valence-electron chi connectivity index (χ4n) is 3.13. The van der Waals surface area contributed by atoms with Gasteiger partial charge in [-0.3, -0.25) is 4.57 Å². The van der Waals surface area contributed by atoms with Crippen molar-refractivity contribution in [3.63, 3.8) is 0 Å². The Hall–Kier alpha value is -2.99. The summed E-state index contributed by atoms with van der Waals surface area (Å²) >= 11 is 0. The minimum absolute atomic E-state index is 0.00277. The van der Waals surface area contributed by atoms with E-state index in [0.29, 0.717) is 22.7 Å². The molecule has 1 aliphatic heterocycles. The van der Waals surface area contributed by atoms with Gasteiger partial charge in [-0.25, -0.2) is 4.98 Å². The highest BCUT2D eigenvalue weighted by Gasteiger charge is 2.44. The number of methoxy groups -OCH3 is 1. The standard InChI is InChI=1S/C17H20N6O5/c1-27-9-4-2-8(3-5-9)20-14-11-15(22-17(18)21-14)23(7-19-11)16-13(26)12(25)10(6-24)28-16/h2-5,7,10,12-13,16,24-26H,6H2,1H3,(H3,18,20,21,22)/t10-,12+,13+,16-/m0/s1. The van der Waals surface area contributed by atoms with Crippen LogP contribution < -0.4 is 15.8 Å². The van der Waals surface area contributed by atoms with Crippen molar-refractivity contribution in [2.45, 2.75) is 24.5 Å². The lowest BCUT2D eigenvalue weighted by Crippen LogP contribution is -2.33. The van der Waals surface area contributed by atoms with Crippen molar-refractivity contribution in [2.75, 3.05) is 24.8 Å². The van der Waals surface area contributed by atoms with E-state index in [4.69, 9.17) is 15.2 Å². The van der Waals surface area contributed by atoms with Crippen molar-refractivity contribution in [1.29, 1.82) is 0 Å². The maximum atomic E-state index is 10.3. The highest BCUT2D eigenvalue weighted by molar-refractivity contribution is 5.86. The number of aromatic nitrogens is 4. The van der Waals surface area contributed by atoms with Gasteiger partial charge in [-0.15, -0.1) is 0 Å². The lowest BCUT2D eigenvalue weighted by Gasteiger charge is -2.16. The van der Waals surface area contributed by atoms with E-state index in [1.807, 2.05) is 12.1 Å². The fraction of sp³-hybridized carbons (Fsp3) is 0.353. The van der Waals surface area contributed by atoms with E-state index in [-0.39, 0.29) is 5.95 Å². The van der Waals surface area contributed by atoms with Crippen molar-refractivity contribution >= 4 is 28.6 Å². The third kappa shape index (κ3) is 3.10. The summed E-state index contributed by atoms with van der Waals surface area (Å²) in [5.41, 5.74) is 7.31. The lowest BCUT2D eigenvalue weighted by molar-refractivity contribution is -0.0511. The number of benzene rings is 1. The van der Waals surface area contributed by atoms with E-state index in [1.54, 1.807) is 19.2 Å².